The Kier molecular flexibility index (Phi) is 4.34. The number of aryl methyl sites for hydroxylation is 1. The summed E-state index contributed by atoms with van der Waals surface area (Å²) in [6.07, 6.45) is -0.232. The van der Waals surface area contributed by atoms with Crippen LogP contribution in [-0.2, 0) is 11.2 Å². The van der Waals surface area contributed by atoms with Gasteiger partial charge in [-0.2, -0.15) is 0 Å². The summed E-state index contributed by atoms with van der Waals surface area (Å²) < 4.78 is 11.3. The van der Waals surface area contributed by atoms with Crippen molar-refractivity contribution in [1.29, 1.82) is 0 Å². The summed E-state index contributed by atoms with van der Waals surface area (Å²) in [6.45, 7) is 4.46. The third-order valence-electron chi connectivity index (χ3n) is 4.20. The van der Waals surface area contributed by atoms with Gasteiger partial charge in [-0.25, -0.2) is 0 Å². The highest BCUT2D eigenvalue weighted by atomic mass is 16.5. The molecule has 1 aliphatic rings. The summed E-state index contributed by atoms with van der Waals surface area (Å²) in [5.74, 6) is 1.29. The molecule has 24 heavy (non-hydrogen) atoms. The highest BCUT2D eigenvalue weighted by molar-refractivity contribution is 6.00. The molecule has 0 aromatic heterocycles. The zero-order chi connectivity index (χ0) is 17.3. The summed E-state index contributed by atoms with van der Waals surface area (Å²) >= 11 is 0. The number of carbonyl (C=O) groups excluding carboxylic acids is 1. The van der Waals surface area contributed by atoms with Gasteiger partial charge in [-0.15, -0.1) is 0 Å². The van der Waals surface area contributed by atoms with E-state index in [0.29, 0.717) is 24.4 Å². The number of likely N-dealkylation sites (N-methyl/N-ethyl adjacent to an activating group) is 1. The van der Waals surface area contributed by atoms with Gasteiger partial charge in [0.2, 0.25) is 0 Å². The van der Waals surface area contributed by atoms with Gasteiger partial charge in [-0.3, -0.25) is 4.79 Å². The second-order valence-corrected chi connectivity index (χ2v) is 5.86. The molecule has 1 amide bonds. The maximum absolute atomic E-state index is 12.8. The molecule has 5 heteroatoms. The van der Waals surface area contributed by atoms with Crippen LogP contribution in [-0.4, -0.2) is 30.8 Å². The van der Waals surface area contributed by atoms with Gasteiger partial charge in [0, 0.05) is 19.0 Å². The number of fused-ring (bicyclic) bond motifs is 1. The van der Waals surface area contributed by atoms with Crippen LogP contribution in [0.4, 0.5) is 5.69 Å². The maximum atomic E-state index is 12.8. The van der Waals surface area contributed by atoms with Gasteiger partial charge in [0.05, 0.1) is 12.8 Å². The lowest BCUT2D eigenvalue weighted by Crippen LogP contribution is -2.46. The average molecular weight is 327 g/mol. The van der Waals surface area contributed by atoms with Crippen LogP contribution in [0, 0.1) is 6.92 Å². The van der Waals surface area contributed by atoms with Gasteiger partial charge < -0.3 is 19.5 Å². The quantitative estimate of drug-likeness (QED) is 0.937. The fourth-order valence-corrected chi connectivity index (χ4v) is 3.04. The van der Waals surface area contributed by atoms with Crippen LogP contribution in [0.15, 0.2) is 36.4 Å². The van der Waals surface area contributed by atoms with E-state index in [1.165, 1.54) is 0 Å². The van der Waals surface area contributed by atoms with Crippen molar-refractivity contribution in [3.8, 4) is 17.2 Å². The minimum atomic E-state index is -0.644. The lowest BCUT2D eigenvalue weighted by Gasteiger charge is -2.34. The van der Waals surface area contributed by atoms with Crippen molar-refractivity contribution in [3.63, 3.8) is 0 Å². The molecule has 0 saturated carbocycles. The molecule has 0 saturated heterocycles. The van der Waals surface area contributed by atoms with Gasteiger partial charge in [0.25, 0.3) is 5.91 Å². The van der Waals surface area contributed by atoms with Gasteiger partial charge in [-0.05, 0) is 37.6 Å². The van der Waals surface area contributed by atoms with E-state index in [9.17, 15) is 9.90 Å². The number of amides is 1. The normalized spacial score (nSPS) is 16.5. The first-order chi connectivity index (χ1) is 11.5. The average Bonchev–Trinajstić information content (AvgIpc) is 2.56. The highest BCUT2D eigenvalue weighted by Gasteiger charge is 2.34. The number of anilines is 1. The fraction of sp³-hybridized carbons (Fsp3) is 0.316. The van der Waals surface area contributed by atoms with Crippen LogP contribution in [0.5, 0.6) is 17.2 Å². The standard InChI is InChI=1S/C19H21NO4/c1-4-20-15-7-6-14(21)11-17(15)24-18(19(20)22)10-13-9-12(2)5-8-16(13)23-3/h5-9,11,18,21H,4,10H2,1-3H3. The zero-order valence-electron chi connectivity index (χ0n) is 14.1. The molecule has 2 aromatic rings. The van der Waals surface area contributed by atoms with Crippen LogP contribution in [0.3, 0.4) is 0 Å². The van der Waals surface area contributed by atoms with Gasteiger partial charge >= 0.3 is 0 Å². The van der Waals surface area contributed by atoms with Crippen molar-refractivity contribution < 1.29 is 19.4 Å². The van der Waals surface area contributed by atoms with Crippen molar-refractivity contribution in [2.45, 2.75) is 26.4 Å². The first-order valence-electron chi connectivity index (χ1n) is 7.98. The van der Waals surface area contributed by atoms with Crippen LogP contribution in [0.2, 0.25) is 0 Å². The number of nitrogens with zero attached hydrogens (tertiary/aromatic N) is 1. The van der Waals surface area contributed by atoms with Crippen molar-refractivity contribution >= 4 is 11.6 Å². The van der Waals surface area contributed by atoms with Crippen molar-refractivity contribution in [1.82, 2.24) is 0 Å². The molecule has 0 aliphatic carbocycles. The fourth-order valence-electron chi connectivity index (χ4n) is 3.04. The first-order valence-corrected chi connectivity index (χ1v) is 7.98. The number of benzene rings is 2. The van der Waals surface area contributed by atoms with Crippen LogP contribution < -0.4 is 14.4 Å². The highest BCUT2D eigenvalue weighted by Crippen LogP contribution is 2.37. The molecule has 0 radical (unpaired) electrons. The number of hydrogen-bond donors (Lipinski definition) is 1. The van der Waals surface area contributed by atoms with Crippen LogP contribution >= 0.6 is 0 Å². The number of methoxy groups -OCH3 is 1. The second-order valence-electron chi connectivity index (χ2n) is 5.86. The monoisotopic (exact) mass is 327 g/mol. The lowest BCUT2D eigenvalue weighted by atomic mass is 10.0. The molecule has 3 rings (SSSR count). The Morgan fingerprint density at radius 3 is 2.75 bits per heavy atom. The van der Waals surface area contributed by atoms with E-state index in [0.717, 1.165) is 16.9 Å². The first kappa shape index (κ1) is 16.2. The number of rotatable bonds is 4. The Bertz CT molecular complexity index is 772. The molecule has 0 spiro atoms. The molecule has 1 heterocycles. The summed E-state index contributed by atoms with van der Waals surface area (Å²) in [6, 6.07) is 10.7. The van der Waals surface area contributed by atoms with E-state index >= 15 is 0 Å². The molecule has 0 bridgehead atoms. The number of phenols is 1. The molecular weight excluding hydrogens is 306 g/mol. The van der Waals surface area contributed by atoms with Gasteiger partial charge in [0.15, 0.2) is 6.10 Å². The Morgan fingerprint density at radius 1 is 1.25 bits per heavy atom. The van der Waals surface area contributed by atoms with E-state index in [2.05, 4.69) is 0 Å². The zero-order valence-corrected chi connectivity index (χ0v) is 14.1. The SMILES string of the molecule is CCN1C(=O)C(Cc2cc(C)ccc2OC)Oc2cc(O)ccc21. The summed E-state index contributed by atoms with van der Waals surface area (Å²) in [5, 5.41) is 9.70. The predicted octanol–water partition coefficient (Wildman–Crippen LogP) is 3.07. The Labute approximate surface area is 141 Å². The minimum absolute atomic E-state index is 0.0840. The molecular formula is C19H21NO4. The Hall–Kier alpha value is -2.69. The van der Waals surface area contributed by atoms with E-state index < -0.39 is 6.10 Å². The molecule has 126 valence electrons. The predicted molar refractivity (Wildman–Crippen MR) is 92.0 cm³/mol. The molecule has 1 N–H and O–H groups in total. The topological polar surface area (TPSA) is 59.0 Å². The minimum Gasteiger partial charge on any atom is -0.508 e. The van der Waals surface area contributed by atoms with Crippen molar-refractivity contribution in [2.24, 2.45) is 0 Å². The summed E-state index contributed by atoms with van der Waals surface area (Å²) in [5.41, 5.74) is 2.71. The molecule has 2 aromatic carbocycles. The lowest BCUT2D eigenvalue weighted by molar-refractivity contribution is -0.126. The largest absolute Gasteiger partial charge is 0.508 e. The Balaban J connectivity index is 1.95. The van der Waals surface area contributed by atoms with Crippen LogP contribution in [0.25, 0.3) is 0 Å². The number of ether oxygens (including phenoxy) is 2. The molecule has 1 unspecified atom stereocenters. The van der Waals surface area contributed by atoms with Crippen LogP contribution in [0.1, 0.15) is 18.1 Å². The number of phenolic OH excluding ortho intramolecular Hbond substituents is 1. The second kappa shape index (κ2) is 6.43. The number of carbonyl (C=O) groups is 1. The molecule has 5 nitrogen and oxygen atoms in total. The third kappa shape index (κ3) is 2.89. The van der Waals surface area contributed by atoms with E-state index in [-0.39, 0.29) is 11.7 Å². The van der Waals surface area contributed by atoms with Gasteiger partial charge in [-0.1, -0.05) is 17.7 Å². The molecule has 0 fully saturated rings. The smallest absolute Gasteiger partial charge is 0.268 e. The summed E-state index contributed by atoms with van der Waals surface area (Å²) in [7, 11) is 1.61. The van der Waals surface area contributed by atoms with E-state index in [1.807, 2.05) is 32.0 Å². The molecule has 1 aliphatic heterocycles. The van der Waals surface area contributed by atoms with E-state index in [1.54, 1.807) is 30.2 Å². The number of hydrogen-bond acceptors (Lipinski definition) is 4. The van der Waals surface area contributed by atoms with E-state index in [4.69, 9.17) is 9.47 Å². The van der Waals surface area contributed by atoms with Gasteiger partial charge in [0.1, 0.15) is 17.2 Å². The summed E-state index contributed by atoms with van der Waals surface area (Å²) in [4.78, 5) is 14.5. The third-order valence-corrected chi connectivity index (χ3v) is 4.20. The molecule has 1 atom stereocenters. The number of aromatic hydroxyl groups is 1. The maximum Gasteiger partial charge on any atom is 0.268 e. The van der Waals surface area contributed by atoms with Crippen molar-refractivity contribution in [3.05, 3.63) is 47.5 Å². The Morgan fingerprint density at radius 2 is 2.04 bits per heavy atom. The van der Waals surface area contributed by atoms with Crippen molar-refractivity contribution in [2.75, 3.05) is 18.6 Å².